The molecule has 0 spiro atoms. The molecule has 2 aromatic heterocycles. The van der Waals surface area contributed by atoms with E-state index in [0.717, 1.165) is 28.9 Å². The van der Waals surface area contributed by atoms with Gasteiger partial charge in [0.25, 0.3) is 0 Å². The fourth-order valence-electron chi connectivity index (χ4n) is 4.47. The van der Waals surface area contributed by atoms with Crippen molar-refractivity contribution in [3.8, 4) is 5.69 Å². The van der Waals surface area contributed by atoms with Crippen LogP contribution in [-0.2, 0) is 11.2 Å². The lowest BCUT2D eigenvalue weighted by atomic mass is 10.0. The molecule has 32 heavy (non-hydrogen) atoms. The lowest BCUT2D eigenvalue weighted by molar-refractivity contribution is -0.128. The molecule has 1 aliphatic heterocycles. The molecule has 1 saturated carbocycles. The van der Waals surface area contributed by atoms with Crippen molar-refractivity contribution in [3.05, 3.63) is 88.4 Å². The molecule has 1 aromatic carbocycles. The first-order chi connectivity index (χ1) is 15.6. The Bertz CT molecular complexity index is 1220. The molecule has 7 heteroatoms. The molecule has 2 fully saturated rings. The van der Waals surface area contributed by atoms with E-state index in [1.165, 1.54) is 4.88 Å². The number of alkyl halides is 1. The summed E-state index contributed by atoms with van der Waals surface area (Å²) in [6, 6.07) is 14.1. The SMILES string of the molecule is O=C1CSC(c2cn(-c3ccccc3)nc2C2=CC3CC3(F)C=C2)N1CCc1cccs1. The molecule has 0 N–H and O–H groups in total. The highest BCUT2D eigenvalue weighted by Crippen LogP contribution is 2.54. The van der Waals surface area contributed by atoms with Crippen LogP contribution in [0.15, 0.2) is 72.3 Å². The van der Waals surface area contributed by atoms with Crippen molar-refractivity contribution in [2.45, 2.75) is 23.9 Å². The smallest absolute Gasteiger partial charge is 0.233 e. The van der Waals surface area contributed by atoms with Gasteiger partial charge in [0.15, 0.2) is 0 Å². The minimum absolute atomic E-state index is 0.0648. The molecule has 3 atom stereocenters. The normalized spacial score (nSPS) is 26.3. The van der Waals surface area contributed by atoms with Gasteiger partial charge in [0.1, 0.15) is 11.0 Å². The second kappa shape index (κ2) is 7.74. The van der Waals surface area contributed by atoms with Gasteiger partial charge in [-0.2, -0.15) is 5.10 Å². The van der Waals surface area contributed by atoms with Crippen molar-refractivity contribution in [1.29, 1.82) is 0 Å². The molecule has 1 saturated heterocycles. The number of rotatable bonds is 6. The lowest BCUT2D eigenvalue weighted by Gasteiger charge is -2.24. The number of aromatic nitrogens is 2. The van der Waals surface area contributed by atoms with Crippen LogP contribution in [0.3, 0.4) is 0 Å². The minimum atomic E-state index is -1.17. The molecule has 0 bridgehead atoms. The minimum Gasteiger partial charge on any atom is -0.325 e. The first-order valence-corrected chi connectivity index (χ1v) is 12.7. The number of fused-ring (bicyclic) bond motifs is 1. The molecule has 3 aliphatic rings. The Morgan fingerprint density at radius 3 is 2.84 bits per heavy atom. The molecular weight excluding hydrogens is 441 g/mol. The number of thioether (sulfide) groups is 1. The van der Waals surface area contributed by atoms with Crippen molar-refractivity contribution in [1.82, 2.24) is 14.7 Å². The van der Waals surface area contributed by atoms with Crippen LogP contribution in [-0.4, -0.2) is 38.6 Å². The Balaban J connectivity index is 1.37. The van der Waals surface area contributed by atoms with Gasteiger partial charge in [0.05, 0.1) is 17.1 Å². The molecular formula is C25H22FN3OS2. The second-order valence-corrected chi connectivity index (χ2v) is 10.6. The third-order valence-corrected chi connectivity index (χ3v) is 8.53. The van der Waals surface area contributed by atoms with E-state index >= 15 is 0 Å². The summed E-state index contributed by atoms with van der Waals surface area (Å²) in [6.07, 6.45) is 8.99. The molecule has 1 amide bonds. The van der Waals surface area contributed by atoms with Gasteiger partial charge in [-0.1, -0.05) is 36.4 Å². The Labute approximate surface area is 194 Å². The highest BCUT2D eigenvalue weighted by atomic mass is 32.2. The monoisotopic (exact) mass is 463 g/mol. The Kier molecular flexibility index (Phi) is 4.84. The van der Waals surface area contributed by atoms with Crippen LogP contribution in [0.2, 0.25) is 0 Å². The van der Waals surface area contributed by atoms with Crippen molar-refractivity contribution in [2.24, 2.45) is 5.92 Å². The Morgan fingerprint density at radius 2 is 2.06 bits per heavy atom. The maximum atomic E-state index is 14.4. The third kappa shape index (κ3) is 3.53. The van der Waals surface area contributed by atoms with Crippen molar-refractivity contribution >= 4 is 34.6 Å². The Morgan fingerprint density at radius 1 is 1.19 bits per heavy atom. The highest BCUT2D eigenvalue weighted by molar-refractivity contribution is 8.00. The van der Waals surface area contributed by atoms with Crippen molar-refractivity contribution < 1.29 is 9.18 Å². The number of para-hydroxylation sites is 1. The zero-order valence-corrected chi connectivity index (χ0v) is 19.0. The highest BCUT2D eigenvalue weighted by Gasteiger charge is 2.53. The summed E-state index contributed by atoms with van der Waals surface area (Å²) in [5.74, 6) is 0.564. The number of amides is 1. The summed E-state index contributed by atoms with van der Waals surface area (Å²) in [5, 5.41) is 6.89. The zero-order valence-electron chi connectivity index (χ0n) is 17.4. The number of nitrogens with zero attached hydrogens (tertiary/aromatic N) is 3. The summed E-state index contributed by atoms with van der Waals surface area (Å²) in [6.45, 7) is 0.679. The van der Waals surface area contributed by atoms with E-state index in [-0.39, 0.29) is 17.2 Å². The van der Waals surface area contributed by atoms with Crippen LogP contribution in [0, 0.1) is 5.92 Å². The topological polar surface area (TPSA) is 38.1 Å². The van der Waals surface area contributed by atoms with E-state index < -0.39 is 5.67 Å². The number of hydrogen-bond acceptors (Lipinski definition) is 4. The second-order valence-electron chi connectivity index (χ2n) is 8.49. The molecule has 162 valence electrons. The quantitative estimate of drug-likeness (QED) is 0.489. The summed E-state index contributed by atoms with van der Waals surface area (Å²) >= 11 is 3.37. The first kappa shape index (κ1) is 20.0. The largest absolute Gasteiger partial charge is 0.325 e. The van der Waals surface area contributed by atoms with Gasteiger partial charge in [0.2, 0.25) is 5.91 Å². The average molecular weight is 464 g/mol. The van der Waals surface area contributed by atoms with Crippen molar-refractivity contribution in [2.75, 3.05) is 12.3 Å². The van der Waals surface area contributed by atoms with Gasteiger partial charge in [-0.15, -0.1) is 23.1 Å². The van der Waals surface area contributed by atoms with E-state index in [4.69, 9.17) is 5.10 Å². The molecule has 3 aromatic rings. The van der Waals surface area contributed by atoms with E-state index in [1.807, 2.05) is 64.3 Å². The maximum Gasteiger partial charge on any atom is 0.233 e. The van der Waals surface area contributed by atoms with E-state index in [0.29, 0.717) is 18.7 Å². The molecule has 3 heterocycles. The van der Waals surface area contributed by atoms with Crippen LogP contribution >= 0.6 is 23.1 Å². The lowest BCUT2D eigenvalue weighted by Crippen LogP contribution is -2.30. The molecule has 6 rings (SSSR count). The van der Waals surface area contributed by atoms with Crippen LogP contribution in [0.1, 0.15) is 27.9 Å². The number of halogens is 1. The predicted octanol–water partition coefficient (Wildman–Crippen LogP) is 5.43. The van der Waals surface area contributed by atoms with Gasteiger partial charge in [0, 0.05) is 29.1 Å². The predicted molar refractivity (Wildman–Crippen MR) is 128 cm³/mol. The average Bonchev–Trinajstić information content (AvgIpc) is 3.24. The summed E-state index contributed by atoms with van der Waals surface area (Å²) in [7, 11) is 0. The zero-order chi connectivity index (χ0) is 21.7. The van der Waals surface area contributed by atoms with E-state index in [2.05, 4.69) is 11.4 Å². The summed E-state index contributed by atoms with van der Waals surface area (Å²) in [4.78, 5) is 16.0. The van der Waals surface area contributed by atoms with Crippen molar-refractivity contribution in [3.63, 3.8) is 0 Å². The number of carbonyl (C=O) groups excluding carboxylic acids is 1. The van der Waals surface area contributed by atoms with Gasteiger partial charge >= 0.3 is 0 Å². The van der Waals surface area contributed by atoms with Gasteiger partial charge in [-0.3, -0.25) is 4.79 Å². The first-order valence-electron chi connectivity index (χ1n) is 10.8. The molecule has 2 aliphatic carbocycles. The maximum absolute atomic E-state index is 14.4. The number of allylic oxidation sites excluding steroid dienone is 4. The van der Waals surface area contributed by atoms with E-state index in [1.54, 1.807) is 29.2 Å². The molecule has 0 radical (unpaired) electrons. The number of hydrogen-bond donors (Lipinski definition) is 0. The van der Waals surface area contributed by atoms with Crippen LogP contribution in [0.25, 0.3) is 11.3 Å². The molecule has 4 nitrogen and oxygen atoms in total. The number of thiophene rings is 1. The van der Waals surface area contributed by atoms with Gasteiger partial charge < -0.3 is 4.90 Å². The van der Waals surface area contributed by atoms with Crippen LogP contribution in [0.4, 0.5) is 4.39 Å². The number of carbonyl (C=O) groups is 1. The molecule has 3 unspecified atom stereocenters. The fourth-order valence-corrected chi connectivity index (χ4v) is 6.39. The Hall–Kier alpha value is -2.64. The number of benzene rings is 1. The van der Waals surface area contributed by atoms with Gasteiger partial charge in [-0.05, 0) is 48.1 Å². The van der Waals surface area contributed by atoms with Gasteiger partial charge in [-0.25, -0.2) is 9.07 Å². The fraction of sp³-hybridized carbons (Fsp3) is 0.280. The van der Waals surface area contributed by atoms with Crippen LogP contribution < -0.4 is 0 Å². The van der Waals surface area contributed by atoms with E-state index in [9.17, 15) is 9.18 Å². The van der Waals surface area contributed by atoms with Crippen LogP contribution in [0.5, 0.6) is 0 Å². The standard InChI is InChI=1S/C25H22FN3OS2/c26-25-10-8-17(13-18(25)14-25)23-21(15-29(27-23)19-5-2-1-3-6-19)24-28(22(30)16-32-24)11-9-20-7-4-12-31-20/h1-8,10,12-13,15,18,24H,9,11,14,16H2. The third-order valence-electron chi connectivity index (χ3n) is 6.36. The summed E-state index contributed by atoms with van der Waals surface area (Å²) < 4.78 is 16.3. The summed E-state index contributed by atoms with van der Waals surface area (Å²) in [5.41, 5.74) is 2.59.